The SMILES string of the molecule is Cc1cc(C)c(-c2cc(-c3cc(-c4ccc(C(C)(C)C)cc4)c(-c4ccccc4O)[nH]3)nc(-c3ccccc3O)c2)c(C)c1. The molecule has 0 fully saturated rings. The normalized spacial score (nSPS) is 11.6. The van der Waals surface area contributed by atoms with E-state index in [1.165, 1.54) is 22.3 Å². The highest BCUT2D eigenvalue weighted by atomic mass is 16.3. The van der Waals surface area contributed by atoms with Gasteiger partial charge in [-0.3, -0.25) is 0 Å². The summed E-state index contributed by atoms with van der Waals surface area (Å²) in [5, 5.41) is 21.7. The number of H-pyrrole nitrogens is 1. The van der Waals surface area contributed by atoms with Gasteiger partial charge in [-0.1, -0.05) is 87.0 Å². The molecule has 0 radical (unpaired) electrons. The third kappa shape index (κ3) is 5.51. The van der Waals surface area contributed by atoms with Crippen molar-refractivity contribution in [1.29, 1.82) is 0 Å². The molecule has 0 atom stereocenters. The number of aromatic amines is 1. The van der Waals surface area contributed by atoms with Crippen LogP contribution in [-0.2, 0) is 5.41 Å². The van der Waals surface area contributed by atoms with Crippen molar-refractivity contribution in [3.63, 3.8) is 0 Å². The van der Waals surface area contributed by atoms with E-state index in [1.54, 1.807) is 12.1 Å². The number of phenols is 2. The molecule has 0 aliphatic rings. The maximum atomic E-state index is 10.9. The highest BCUT2D eigenvalue weighted by Crippen LogP contribution is 2.42. The van der Waals surface area contributed by atoms with Crippen molar-refractivity contribution >= 4 is 0 Å². The Morgan fingerprint density at radius 1 is 0.591 bits per heavy atom. The largest absolute Gasteiger partial charge is 0.507 e. The number of rotatable bonds is 5. The monoisotopic (exact) mass is 578 g/mol. The Bertz CT molecular complexity index is 1970. The molecule has 0 amide bonds. The summed E-state index contributed by atoms with van der Waals surface area (Å²) in [6.45, 7) is 13.0. The Balaban J connectivity index is 1.60. The van der Waals surface area contributed by atoms with E-state index in [-0.39, 0.29) is 16.9 Å². The standard InChI is InChI=1S/C40H38N2O2/c1-24-19-25(2)38(26(3)20-24)28-21-33(30-11-7-9-13-36(30)43)41-34(22-28)35-23-32(27-15-17-29(18-16-27)40(4,5)6)39(42-35)31-12-8-10-14-37(31)44/h7-23,42-44H,1-6H3. The van der Waals surface area contributed by atoms with Crippen molar-refractivity contribution in [2.24, 2.45) is 0 Å². The first-order chi connectivity index (χ1) is 21.0. The molecule has 2 aromatic heterocycles. The lowest BCUT2D eigenvalue weighted by Gasteiger charge is -2.19. The quantitative estimate of drug-likeness (QED) is 0.191. The van der Waals surface area contributed by atoms with Crippen molar-refractivity contribution in [2.45, 2.75) is 47.0 Å². The average Bonchev–Trinajstić information content (AvgIpc) is 3.42. The van der Waals surface area contributed by atoms with Gasteiger partial charge in [0, 0.05) is 16.7 Å². The van der Waals surface area contributed by atoms with Crippen LogP contribution in [0.4, 0.5) is 0 Å². The zero-order valence-electron chi connectivity index (χ0n) is 26.2. The minimum atomic E-state index is 0.0400. The van der Waals surface area contributed by atoms with Crippen LogP contribution in [0.25, 0.3) is 56.2 Å². The van der Waals surface area contributed by atoms with Gasteiger partial charge in [-0.05, 0) is 102 Å². The minimum Gasteiger partial charge on any atom is -0.507 e. The van der Waals surface area contributed by atoms with Crippen LogP contribution in [0.15, 0.2) is 103 Å². The van der Waals surface area contributed by atoms with E-state index < -0.39 is 0 Å². The van der Waals surface area contributed by atoms with Crippen LogP contribution in [0.3, 0.4) is 0 Å². The molecule has 0 unspecified atom stereocenters. The zero-order chi connectivity index (χ0) is 31.2. The van der Waals surface area contributed by atoms with Crippen molar-refractivity contribution in [2.75, 3.05) is 0 Å². The highest BCUT2D eigenvalue weighted by Gasteiger charge is 2.20. The van der Waals surface area contributed by atoms with Crippen LogP contribution >= 0.6 is 0 Å². The molecule has 4 nitrogen and oxygen atoms in total. The average molecular weight is 579 g/mol. The number of phenolic OH excluding ortho intramolecular Hbond substituents is 2. The lowest BCUT2D eigenvalue weighted by molar-refractivity contribution is 0.476. The number of benzene rings is 4. The van der Waals surface area contributed by atoms with Crippen LogP contribution < -0.4 is 0 Å². The second-order valence-corrected chi connectivity index (χ2v) is 12.7. The van der Waals surface area contributed by atoms with Gasteiger partial charge in [-0.15, -0.1) is 0 Å². The third-order valence-electron chi connectivity index (χ3n) is 8.30. The van der Waals surface area contributed by atoms with Gasteiger partial charge in [0.25, 0.3) is 0 Å². The molecule has 0 saturated carbocycles. The summed E-state index contributed by atoms with van der Waals surface area (Å²) in [4.78, 5) is 8.72. The molecule has 0 bridgehead atoms. The van der Waals surface area contributed by atoms with Gasteiger partial charge in [-0.25, -0.2) is 4.98 Å². The van der Waals surface area contributed by atoms with Crippen LogP contribution in [0.1, 0.15) is 43.0 Å². The summed E-state index contributed by atoms with van der Waals surface area (Å²) in [6.07, 6.45) is 0. The number of aryl methyl sites for hydroxylation is 3. The molecule has 4 aromatic carbocycles. The molecule has 44 heavy (non-hydrogen) atoms. The lowest BCUT2D eigenvalue weighted by atomic mass is 9.86. The van der Waals surface area contributed by atoms with Gasteiger partial charge in [0.15, 0.2) is 0 Å². The summed E-state index contributed by atoms with van der Waals surface area (Å²) in [5.74, 6) is 0.387. The van der Waals surface area contributed by atoms with Gasteiger partial charge in [-0.2, -0.15) is 0 Å². The van der Waals surface area contributed by atoms with E-state index in [9.17, 15) is 10.2 Å². The Morgan fingerprint density at radius 2 is 1.16 bits per heavy atom. The summed E-state index contributed by atoms with van der Waals surface area (Å²) in [5.41, 5.74) is 13.5. The minimum absolute atomic E-state index is 0.0400. The number of para-hydroxylation sites is 2. The van der Waals surface area contributed by atoms with Crippen molar-refractivity contribution in [1.82, 2.24) is 9.97 Å². The molecule has 0 saturated heterocycles. The topological polar surface area (TPSA) is 69.1 Å². The fraction of sp³-hybridized carbons (Fsp3) is 0.175. The van der Waals surface area contributed by atoms with Gasteiger partial charge in [0.1, 0.15) is 11.5 Å². The van der Waals surface area contributed by atoms with E-state index in [4.69, 9.17) is 4.98 Å². The maximum absolute atomic E-state index is 10.9. The molecule has 3 N–H and O–H groups in total. The van der Waals surface area contributed by atoms with E-state index in [2.05, 4.69) is 101 Å². The maximum Gasteiger partial charge on any atom is 0.124 e. The third-order valence-corrected chi connectivity index (χ3v) is 8.30. The molecule has 4 heteroatoms. The van der Waals surface area contributed by atoms with E-state index >= 15 is 0 Å². The molecule has 220 valence electrons. The second-order valence-electron chi connectivity index (χ2n) is 12.7. The smallest absolute Gasteiger partial charge is 0.124 e. The van der Waals surface area contributed by atoms with Gasteiger partial charge in [0.2, 0.25) is 0 Å². The molecular weight excluding hydrogens is 540 g/mol. The lowest BCUT2D eigenvalue weighted by Crippen LogP contribution is -2.10. The van der Waals surface area contributed by atoms with Crippen molar-refractivity contribution < 1.29 is 10.2 Å². The Hall–Kier alpha value is -5.09. The Morgan fingerprint density at radius 3 is 1.75 bits per heavy atom. The predicted molar refractivity (Wildman–Crippen MR) is 182 cm³/mol. The summed E-state index contributed by atoms with van der Waals surface area (Å²) >= 11 is 0. The van der Waals surface area contributed by atoms with Crippen LogP contribution in [0.2, 0.25) is 0 Å². The molecule has 0 aliphatic heterocycles. The van der Waals surface area contributed by atoms with E-state index in [0.717, 1.165) is 44.9 Å². The Kier molecular flexibility index (Phi) is 7.38. The van der Waals surface area contributed by atoms with Crippen molar-refractivity contribution in [3.05, 3.63) is 125 Å². The number of pyridine rings is 1. The van der Waals surface area contributed by atoms with Gasteiger partial charge < -0.3 is 15.2 Å². The fourth-order valence-electron chi connectivity index (χ4n) is 6.14. The molecule has 6 aromatic rings. The number of aromatic hydroxyl groups is 2. The first-order valence-corrected chi connectivity index (χ1v) is 15.0. The first kappa shape index (κ1) is 29.0. The predicted octanol–water partition coefficient (Wildman–Crippen LogP) is 10.4. The molecule has 2 heterocycles. The number of nitrogens with zero attached hydrogens (tertiary/aromatic N) is 1. The van der Waals surface area contributed by atoms with Crippen LogP contribution in [-0.4, -0.2) is 20.2 Å². The van der Waals surface area contributed by atoms with Crippen LogP contribution in [0.5, 0.6) is 11.5 Å². The molecule has 6 rings (SSSR count). The second kappa shape index (κ2) is 11.2. The fourth-order valence-corrected chi connectivity index (χ4v) is 6.14. The number of hydrogen-bond donors (Lipinski definition) is 3. The zero-order valence-corrected chi connectivity index (χ0v) is 26.2. The number of aromatic nitrogens is 2. The van der Waals surface area contributed by atoms with E-state index in [1.807, 2.05) is 36.4 Å². The van der Waals surface area contributed by atoms with Gasteiger partial charge >= 0.3 is 0 Å². The molecule has 0 spiro atoms. The highest BCUT2D eigenvalue weighted by molar-refractivity contribution is 5.89. The molecular formula is C40H38N2O2. The van der Waals surface area contributed by atoms with Gasteiger partial charge in [0.05, 0.1) is 22.8 Å². The Labute approximate surface area is 259 Å². The first-order valence-electron chi connectivity index (χ1n) is 15.0. The number of nitrogens with one attached hydrogen (secondary N) is 1. The summed E-state index contributed by atoms with van der Waals surface area (Å²) < 4.78 is 0. The van der Waals surface area contributed by atoms with E-state index in [0.29, 0.717) is 11.3 Å². The number of hydrogen-bond acceptors (Lipinski definition) is 3. The molecule has 0 aliphatic carbocycles. The summed E-state index contributed by atoms with van der Waals surface area (Å²) in [6, 6.07) is 34.0. The van der Waals surface area contributed by atoms with Crippen molar-refractivity contribution in [3.8, 4) is 67.7 Å². The summed E-state index contributed by atoms with van der Waals surface area (Å²) in [7, 11) is 0. The van der Waals surface area contributed by atoms with Crippen LogP contribution in [0, 0.1) is 20.8 Å².